The van der Waals surface area contributed by atoms with E-state index in [9.17, 15) is 18.3 Å². The Bertz CT molecular complexity index is 794. The van der Waals surface area contributed by atoms with Gasteiger partial charge in [-0.1, -0.05) is 51.1 Å². The highest BCUT2D eigenvalue weighted by Crippen LogP contribution is 2.38. The standard InChI is InChI=1S/C20H26F3NOSi/c1-19(2,3)15-11-9-13-17(18(15)25)26(5,6)24(4)16-12-8-7-10-14(16)20(21,22)23/h7-13,25H,1-6H3. The van der Waals surface area contributed by atoms with Gasteiger partial charge in [-0.2, -0.15) is 13.2 Å². The molecule has 2 aromatic rings. The third-order valence-corrected chi connectivity index (χ3v) is 8.55. The molecule has 6 heteroatoms. The summed E-state index contributed by atoms with van der Waals surface area (Å²) in [5.74, 6) is 0.188. The Morgan fingerprint density at radius 3 is 1.96 bits per heavy atom. The maximum absolute atomic E-state index is 13.4. The number of hydrogen-bond acceptors (Lipinski definition) is 2. The van der Waals surface area contributed by atoms with Crippen molar-refractivity contribution in [1.82, 2.24) is 0 Å². The predicted octanol–water partition coefficient (Wildman–Crippen LogP) is 5.26. The first-order chi connectivity index (χ1) is 11.8. The molecule has 0 atom stereocenters. The van der Waals surface area contributed by atoms with Crippen LogP contribution in [0.4, 0.5) is 18.9 Å². The van der Waals surface area contributed by atoms with Crippen LogP contribution in [0.3, 0.4) is 0 Å². The normalized spacial score (nSPS) is 13.0. The van der Waals surface area contributed by atoms with Crippen molar-refractivity contribution in [2.75, 3.05) is 11.6 Å². The highest BCUT2D eigenvalue weighted by molar-refractivity contribution is 6.93. The number of nitrogens with zero attached hydrogens (tertiary/aromatic N) is 1. The van der Waals surface area contributed by atoms with Crippen LogP contribution in [0.5, 0.6) is 5.75 Å². The van der Waals surface area contributed by atoms with Crippen LogP contribution in [-0.2, 0) is 11.6 Å². The number of anilines is 1. The molecule has 0 aromatic heterocycles. The fraction of sp³-hybridized carbons (Fsp3) is 0.400. The summed E-state index contributed by atoms with van der Waals surface area (Å²) < 4.78 is 42.0. The van der Waals surface area contributed by atoms with Gasteiger partial charge in [0.25, 0.3) is 0 Å². The van der Waals surface area contributed by atoms with Crippen LogP contribution in [0.25, 0.3) is 0 Å². The molecule has 0 heterocycles. The summed E-state index contributed by atoms with van der Waals surface area (Å²) in [6.07, 6.45) is -4.43. The van der Waals surface area contributed by atoms with Gasteiger partial charge < -0.3 is 9.67 Å². The van der Waals surface area contributed by atoms with Gasteiger partial charge in [0, 0.05) is 10.9 Å². The molecule has 0 bridgehead atoms. The fourth-order valence-corrected chi connectivity index (χ4v) is 5.51. The van der Waals surface area contributed by atoms with Gasteiger partial charge in [0.2, 0.25) is 0 Å². The summed E-state index contributed by atoms with van der Waals surface area (Å²) in [6.45, 7) is 9.90. The lowest BCUT2D eigenvalue weighted by Gasteiger charge is -2.38. The molecular formula is C20H26F3NOSi. The van der Waals surface area contributed by atoms with Crippen molar-refractivity contribution in [2.45, 2.75) is 45.5 Å². The van der Waals surface area contributed by atoms with Crippen molar-refractivity contribution in [2.24, 2.45) is 0 Å². The summed E-state index contributed by atoms with van der Waals surface area (Å²) >= 11 is 0. The highest BCUT2D eigenvalue weighted by atomic mass is 28.3. The van der Waals surface area contributed by atoms with Gasteiger partial charge in [0.15, 0.2) is 8.24 Å². The molecule has 0 spiro atoms. The van der Waals surface area contributed by atoms with Gasteiger partial charge in [-0.05, 0) is 43.3 Å². The van der Waals surface area contributed by atoms with E-state index in [2.05, 4.69) is 0 Å². The largest absolute Gasteiger partial charge is 0.508 e. The van der Waals surface area contributed by atoms with Crippen molar-refractivity contribution in [1.29, 1.82) is 0 Å². The van der Waals surface area contributed by atoms with Gasteiger partial charge >= 0.3 is 6.18 Å². The molecule has 26 heavy (non-hydrogen) atoms. The summed E-state index contributed by atoms with van der Waals surface area (Å²) in [5, 5.41) is 11.6. The fourth-order valence-electron chi connectivity index (χ4n) is 3.13. The van der Waals surface area contributed by atoms with E-state index in [1.165, 1.54) is 12.1 Å². The molecule has 0 amide bonds. The monoisotopic (exact) mass is 381 g/mol. The minimum atomic E-state index is -4.43. The molecule has 1 N–H and O–H groups in total. The van der Waals surface area contributed by atoms with Crippen LogP contribution in [0.1, 0.15) is 31.9 Å². The number of halogens is 3. The second kappa shape index (κ2) is 6.65. The number of benzene rings is 2. The lowest BCUT2D eigenvalue weighted by Crippen LogP contribution is -2.57. The number of rotatable bonds is 3. The average molecular weight is 382 g/mol. The maximum Gasteiger partial charge on any atom is 0.418 e. The van der Waals surface area contributed by atoms with Crippen LogP contribution < -0.4 is 9.75 Å². The average Bonchev–Trinajstić information content (AvgIpc) is 2.52. The van der Waals surface area contributed by atoms with Crippen LogP contribution in [0.15, 0.2) is 42.5 Å². The molecule has 0 saturated heterocycles. The molecule has 2 rings (SSSR count). The summed E-state index contributed by atoms with van der Waals surface area (Å²) in [5.41, 5.74) is 0.0207. The topological polar surface area (TPSA) is 23.5 Å². The molecule has 2 nitrogen and oxygen atoms in total. The van der Waals surface area contributed by atoms with E-state index in [0.29, 0.717) is 0 Å². The molecule has 2 aromatic carbocycles. The molecular weight excluding hydrogens is 355 g/mol. The number of hydrogen-bond donors (Lipinski definition) is 1. The zero-order valence-corrected chi connectivity index (χ0v) is 17.1. The zero-order chi connectivity index (χ0) is 19.9. The summed E-state index contributed by atoms with van der Waals surface area (Å²) in [4.78, 5) is 0. The molecule has 0 saturated carbocycles. The van der Waals surface area contributed by atoms with E-state index in [0.717, 1.165) is 16.8 Å². The lowest BCUT2D eigenvalue weighted by atomic mass is 9.86. The molecule has 0 aliphatic heterocycles. The van der Waals surface area contributed by atoms with E-state index < -0.39 is 20.0 Å². The predicted molar refractivity (Wildman–Crippen MR) is 104 cm³/mol. The molecule has 0 aliphatic rings. The number of para-hydroxylation sites is 2. The van der Waals surface area contributed by atoms with Crippen molar-refractivity contribution in [3.63, 3.8) is 0 Å². The minimum Gasteiger partial charge on any atom is -0.508 e. The first-order valence-electron chi connectivity index (χ1n) is 8.51. The van der Waals surface area contributed by atoms with Gasteiger partial charge in [0.05, 0.1) is 5.56 Å². The lowest BCUT2D eigenvalue weighted by molar-refractivity contribution is -0.137. The minimum absolute atomic E-state index is 0.136. The van der Waals surface area contributed by atoms with E-state index in [1.807, 2.05) is 52.1 Å². The first-order valence-corrected chi connectivity index (χ1v) is 11.5. The van der Waals surface area contributed by atoms with E-state index in [4.69, 9.17) is 0 Å². The van der Waals surface area contributed by atoms with Gasteiger partial charge in [-0.3, -0.25) is 0 Å². The number of aromatic hydroxyl groups is 1. The van der Waals surface area contributed by atoms with Crippen LogP contribution in [-0.4, -0.2) is 20.4 Å². The van der Waals surface area contributed by atoms with E-state index >= 15 is 0 Å². The SMILES string of the molecule is CN(c1ccccc1C(F)(F)F)[Si](C)(C)c1cccc(C(C)(C)C)c1O. The molecule has 0 aliphatic carbocycles. The number of alkyl halides is 3. The quantitative estimate of drug-likeness (QED) is 0.734. The smallest absolute Gasteiger partial charge is 0.418 e. The molecule has 0 unspecified atom stereocenters. The van der Waals surface area contributed by atoms with Crippen molar-refractivity contribution < 1.29 is 18.3 Å². The molecule has 0 fully saturated rings. The Kier molecular flexibility index (Phi) is 5.21. The zero-order valence-electron chi connectivity index (χ0n) is 16.1. The second-order valence-electron chi connectivity index (χ2n) is 8.08. The Hall–Kier alpha value is -1.95. The van der Waals surface area contributed by atoms with Crippen molar-refractivity contribution in [3.05, 3.63) is 53.6 Å². The summed E-state index contributed by atoms with van der Waals surface area (Å²) in [7, 11) is -0.925. The first kappa shape index (κ1) is 20.4. The van der Waals surface area contributed by atoms with Gasteiger partial charge in [-0.15, -0.1) is 0 Å². The third-order valence-electron chi connectivity index (χ3n) is 4.91. The Labute approximate surface area is 154 Å². The number of phenols is 1. The van der Waals surface area contributed by atoms with Crippen molar-refractivity contribution >= 4 is 19.1 Å². The van der Waals surface area contributed by atoms with Crippen LogP contribution in [0, 0.1) is 0 Å². The highest BCUT2D eigenvalue weighted by Gasteiger charge is 2.39. The van der Waals surface area contributed by atoms with Gasteiger partial charge in [0.1, 0.15) is 5.75 Å². The third kappa shape index (κ3) is 3.75. The molecule has 142 valence electrons. The van der Waals surface area contributed by atoms with Crippen LogP contribution in [0.2, 0.25) is 13.1 Å². The number of phenolic OH excluding ortho intramolecular Hbond substituents is 1. The Morgan fingerprint density at radius 2 is 1.42 bits per heavy atom. The van der Waals surface area contributed by atoms with Gasteiger partial charge in [-0.25, -0.2) is 0 Å². The summed E-state index contributed by atoms with van der Waals surface area (Å²) in [6, 6.07) is 11.2. The van der Waals surface area contributed by atoms with E-state index in [-0.39, 0.29) is 16.9 Å². The Balaban J connectivity index is 2.60. The maximum atomic E-state index is 13.4. The van der Waals surface area contributed by atoms with Crippen LogP contribution >= 0.6 is 0 Å². The van der Waals surface area contributed by atoms with E-state index in [1.54, 1.807) is 17.7 Å². The Morgan fingerprint density at radius 1 is 0.885 bits per heavy atom. The molecule has 0 radical (unpaired) electrons. The second-order valence-corrected chi connectivity index (χ2v) is 12.4. The van der Waals surface area contributed by atoms with Crippen molar-refractivity contribution in [3.8, 4) is 5.75 Å².